The molecule has 0 bridgehead atoms. The molecule has 0 saturated carbocycles. The molecule has 0 unspecified atom stereocenters. The summed E-state index contributed by atoms with van der Waals surface area (Å²) in [6.07, 6.45) is 3.44. The van der Waals surface area contributed by atoms with Crippen LogP contribution in [-0.4, -0.2) is 72.5 Å². The predicted molar refractivity (Wildman–Crippen MR) is 125 cm³/mol. The fourth-order valence-electron chi connectivity index (χ4n) is 4.09. The van der Waals surface area contributed by atoms with Crippen molar-refractivity contribution in [2.75, 3.05) is 51.1 Å². The second kappa shape index (κ2) is 10.5. The lowest BCUT2D eigenvalue weighted by molar-refractivity contribution is -0.133. The van der Waals surface area contributed by atoms with Gasteiger partial charge in [0.1, 0.15) is 11.5 Å². The molecule has 0 aromatic heterocycles. The van der Waals surface area contributed by atoms with Crippen LogP contribution < -0.4 is 10.1 Å². The van der Waals surface area contributed by atoms with Crippen molar-refractivity contribution >= 4 is 17.6 Å². The van der Waals surface area contributed by atoms with Gasteiger partial charge in [-0.1, -0.05) is 17.7 Å². The van der Waals surface area contributed by atoms with Gasteiger partial charge in [0.2, 0.25) is 5.91 Å². The van der Waals surface area contributed by atoms with Crippen molar-refractivity contribution in [3.8, 4) is 11.5 Å². The normalized spacial score (nSPS) is 17.2. The third kappa shape index (κ3) is 6.01. The van der Waals surface area contributed by atoms with Crippen LogP contribution in [0.5, 0.6) is 11.5 Å². The summed E-state index contributed by atoms with van der Waals surface area (Å²) in [5.74, 6) is 1.72. The van der Waals surface area contributed by atoms with Crippen LogP contribution in [0.1, 0.15) is 24.8 Å². The van der Waals surface area contributed by atoms with Crippen LogP contribution in [0.2, 0.25) is 0 Å². The molecule has 0 atom stereocenters. The van der Waals surface area contributed by atoms with Gasteiger partial charge in [-0.15, -0.1) is 0 Å². The molecule has 32 heavy (non-hydrogen) atoms. The minimum atomic E-state index is -0.112. The average molecular weight is 437 g/mol. The molecule has 2 aliphatic heterocycles. The zero-order valence-corrected chi connectivity index (χ0v) is 18.8. The van der Waals surface area contributed by atoms with E-state index in [0.717, 1.165) is 56.2 Å². The number of aryl methyl sites for hydroxylation is 1. The Balaban J connectivity index is 1.21. The molecule has 170 valence electrons. The first-order valence-electron chi connectivity index (χ1n) is 11.5. The Kier molecular flexibility index (Phi) is 7.27. The monoisotopic (exact) mass is 436 g/mol. The largest absolute Gasteiger partial charge is 0.457 e. The van der Waals surface area contributed by atoms with Gasteiger partial charge >= 0.3 is 6.03 Å². The number of hydrogen-bond donors (Lipinski definition) is 1. The summed E-state index contributed by atoms with van der Waals surface area (Å²) < 4.78 is 5.84. The summed E-state index contributed by atoms with van der Waals surface area (Å²) in [5.41, 5.74) is 1.92. The molecule has 0 spiro atoms. The fraction of sp³-hybridized carbons (Fsp3) is 0.440. The smallest absolute Gasteiger partial charge is 0.321 e. The Hall–Kier alpha value is -3.06. The van der Waals surface area contributed by atoms with E-state index in [4.69, 9.17) is 4.74 Å². The molecule has 7 nitrogen and oxygen atoms in total. The van der Waals surface area contributed by atoms with Crippen LogP contribution in [-0.2, 0) is 4.79 Å². The maximum absolute atomic E-state index is 12.6. The zero-order chi connectivity index (χ0) is 22.3. The number of nitrogens with zero attached hydrogens (tertiary/aromatic N) is 3. The second-order valence-corrected chi connectivity index (χ2v) is 8.57. The SMILES string of the molecule is Cc1ccc(Oc2ccc(NC(=O)N3CCN(CC(=O)N4CCCCC4)CC3)cc2)cc1. The number of nitrogens with one attached hydrogen (secondary N) is 1. The highest BCUT2D eigenvalue weighted by Crippen LogP contribution is 2.23. The number of urea groups is 1. The molecule has 7 heteroatoms. The van der Waals surface area contributed by atoms with E-state index in [0.29, 0.717) is 19.6 Å². The first-order valence-corrected chi connectivity index (χ1v) is 11.5. The number of amides is 3. The van der Waals surface area contributed by atoms with Gasteiger partial charge in [0.05, 0.1) is 6.54 Å². The number of benzene rings is 2. The number of piperidine rings is 1. The Bertz CT molecular complexity index is 900. The first kappa shape index (κ1) is 22.1. The van der Waals surface area contributed by atoms with E-state index in [1.165, 1.54) is 12.0 Å². The summed E-state index contributed by atoms with van der Waals surface area (Å²) in [6, 6.07) is 15.2. The number of rotatable bonds is 5. The van der Waals surface area contributed by atoms with Crippen LogP contribution in [0.15, 0.2) is 48.5 Å². The summed E-state index contributed by atoms with van der Waals surface area (Å²) in [6.45, 7) is 6.94. The Morgan fingerprint density at radius 3 is 2.00 bits per heavy atom. The number of likely N-dealkylation sites (tertiary alicyclic amines) is 1. The van der Waals surface area contributed by atoms with E-state index < -0.39 is 0 Å². The molecule has 2 heterocycles. The predicted octanol–water partition coefficient (Wildman–Crippen LogP) is 3.95. The molecule has 2 aromatic carbocycles. The summed E-state index contributed by atoms with van der Waals surface area (Å²) in [4.78, 5) is 31.0. The molecule has 2 fully saturated rings. The standard InChI is InChI=1S/C25H32N4O3/c1-20-5-9-22(10-6-20)32-23-11-7-21(8-12-23)26-25(31)29-17-15-27(16-18-29)19-24(30)28-13-3-2-4-14-28/h5-12H,2-4,13-19H2,1H3,(H,26,31). The first-order chi connectivity index (χ1) is 15.6. The molecule has 4 rings (SSSR count). The lowest BCUT2D eigenvalue weighted by Crippen LogP contribution is -2.52. The number of piperazine rings is 1. The molecule has 3 amide bonds. The number of carbonyl (C=O) groups excluding carboxylic acids is 2. The number of hydrogen-bond acceptors (Lipinski definition) is 4. The van der Waals surface area contributed by atoms with Crippen LogP contribution in [0.3, 0.4) is 0 Å². The summed E-state index contributed by atoms with van der Waals surface area (Å²) >= 11 is 0. The zero-order valence-electron chi connectivity index (χ0n) is 18.8. The fourth-order valence-corrected chi connectivity index (χ4v) is 4.09. The van der Waals surface area contributed by atoms with Crippen molar-refractivity contribution < 1.29 is 14.3 Å². The third-order valence-electron chi connectivity index (χ3n) is 6.09. The maximum atomic E-state index is 12.6. The minimum Gasteiger partial charge on any atom is -0.457 e. The Morgan fingerprint density at radius 2 is 1.38 bits per heavy atom. The van der Waals surface area contributed by atoms with Gasteiger partial charge in [-0.25, -0.2) is 4.79 Å². The number of ether oxygens (including phenoxy) is 1. The van der Waals surface area contributed by atoms with Gasteiger partial charge in [0, 0.05) is 45.0 Å². The van der Waals surface area contributed by atoms with E-state index in [9.17, 15) is 9.59 Å². The van der Waals surface area contributed by atoms with Crippen molar-refractivity contribution in [3.63, 3.8) is 0 Å². The van der Waals surface area contributed by atoms with E-state index in [-0.39, 0.29) is 11.9 Å². The summed E-state index contributed by atoms with van der Waals surface area (Å²) in [7, 11) is 0. The number of anilines is 1. The van der Waals surface area contributed by atoms with Gasteiger partial charge in [-0.05, 0) is 62.6 Å². The minimum absolute atomic E-state index is 0.112. The Morgan fingerprint density at radius 1 is 0.781 bits per heavy atom. The van der Waals surface area contributed by atoms with Gasteiger partial charge in [-0.2, -0.15) is 0 Å². The molecule has 0 radical (unpaired) electrons. The van der Waals surface area contributed by atoms with Crippen LogP contribution in [0.25, 0.3) is 0 Å². The van der Waals surface area contributed by atoms with Gasteiger partial charge in [0.25, 0.3) is 0 Å². The second-order valence-electron chi connectivity index (χ2n) is 8.57. The maximum Gasteiger partial charge on any atom is 0.321 e. The highest BCUT2D eigenvalue weighted by molar-refractivity contribution is 5.89. The topological polar surface area (TPSA) is 65.1 Å². The van der Waals surface area contributed by atoms with Gasteiger partial charge in [-0.3, -0.25) is 9.69 Å². The quantitative estimate of drug-likeness (QED) is 0.771. The molecule has 2 saturated heterocycles. The molecular weight excluding hydrogens is 404 g/mol. The van der Waals surface area contributed by atoms with Crippen molar-refractivity contribution in [1.29, 1.82) is 0 Å². The van der Waals surface area contributed by atoms with Gasteiger partial charge < -0.3 is 19.9 Å². The van der Waals surface area contributed by atoms with E-state index in [1.54, 1.807) is 4.90 Å². The van der Waals surface area contributed by atoms with Crippen molar-refractivity contribution in [2.24, 2.45) is 0 Å². The molecular formula is C25H32N4O3. The average Bonchev–Trinajstić information content (AvgIpc) is 2.83. The molecule has 2 aliphatic rings. The van der Waals surface area contributed by atoms with Crippen molar-refractivity contribution in [3.05, 3.63) is 54.1 Å². The lowest BCUT2D eigenvalue weighted by Gasteiger charge is -2.36. The highest BCUT2D eigenvalue weighted by Gasteiger charge is 2.24. The molecule has 0 aliphatic carbocycles. The molecule has 1 N–H and O–H groups in total. The van der Waals surface area contributed by atoms with Gasteiger partial charge in [0.15, 0.2) is 0 Å². The third-order valence-corrected chi connectivity index (χ3v) is 6.09. The van der Waals surface area contributed by atoms with Crippen LogP contribution in [0.4, 0.5) is 10.5 Å². The lowest BCUT2D eigenvalue weighted by atomic mass is 10.1. The van der Waals surface area contributed by atoms with Crippen LogP contribution >= 0.6 is 0 Å². The number of carbonyl (C=O) groups is 2. The van der Waals surface area contributed by atoms with Crippen molar-refractivity contribution in [2.45, 2.75) is 26.2 Å². The molecule has 2 aromatic rings. The van der Waals surface area contributed by atoms with E-state index >= 15 is 0 Å². The van der Waals surface area contributed by atoms with Crippen LogP contribution in [0, 0.1) is 6.92 Å². The van der Waals surface area contributed by atoms with E-state index in [2.05, 4.69) is 10.2 Å². The van der Waals surface area contributed by atoms with E-state index in [1.807, 2.05) is 60.4 Å². The summed E-state index contributed by atoms with van der Waals surface area (Å²) in [5, 5.41) is 2.96. The highest BCUT2D eigenvalue weighted by atomic mass is 16.5. The van der Waals surface area contributed by atoms with Crippen molar-refractivity contribution in [1.82, 2.24) is 14.7 Å². The Labute approximate surface area is 189 Å².